The van der Waals surface area contributed by atoms with Gasteiger partial charge in [-0.05, 0) is 12.5 Å². The number of rotatable bonds is 3. The summed E-state index contributed by atoms with van der Waals surface area (Å²) in [6.07, 6.45) is -0.00671. The Morgan fingerprint density at radius 1 is 1.47 bits per heavy atom. The molecule has 1 heterocycles. The third kappa shape index (κ3) is 2.58. The molecule has 0 bridgehead atoms. The van der Waals surface area contributed by atoms with Gasteiger partial charge in [0, 0.05) is 13.0 Å². The van der Waals surface area contributed by atoms with E-state index in [9.17, 15) is 4.79 Å². The predicted molar refractivity (Wildman–Crippen MR) is 63.5 cm³/mol. The number of aliphatic hydroxyl groups excluding tert-OH is 1. The van der Waals surface area contributed by atoms with Crippen molar-refractivity contribution in [2.45, 2.75) is 25.5 Å². The molecule has 0 saturated carbocycles. The summed E-state index contributed by atoms with van der Waals surface area (Å²) in [5.41, 5.74) is 1.09. The van der Waals surface area contributed by atoms with Crippen molar-refractivity contribution in [3.05, 3.63) is 35.9 Å². The van der Waals surface area contributed by atoms with Crippen LogP contribution in [0.25, 0.3) is 0 Å². The number of nitrogens with zero attached hydrogens (tertiary/aromatic N) is 1. The molecule has 0 spiro atoms. The summed E-state index contributed by atoms with van der Waals surface area (Å²) in [5, 5.41) is 8.95. The quantitative estimate of drug-likeness (QED) is 0.871. The maximum absolute atomic E-state index is 11.8. The molecule has 2 atom stereocenters. The van der Waals surface area contributed by atoms with Crippen LogP contribution in [0.15, 0.2) is 30.3 Å². The van der Waals surface area contributed by atoms with Gasteiger partial charge in [-0.1, -0.05) is 30.3 Å². The molecular weight excluding hydrogens is 218 g/mol. The molecule has 4 heteroatoms. The van der Waals surface area contributed by atoms with Gasteiger partial charge in [0.25, 0.3) is 0 Å². The van der Waals surface area contributed by atoms with Crippen LogP contribution in [0.2, 0.25) is 0 Å². The van der Waals surface area contributed by atoms with Gasteiger partial charge in [-0.15, -0.1) is 0 Å². The Hall–Kier alpha value is -1.55. The van der Waals surface area contributed by atoms with Gasteiger partial charge >= 0.3 is 6.09 Å². The average Bonchev–Trinajstić information content (AvgIpc) is 2.39. The SMILES string of the molecule is CC(c1ccccc1)N1CCC(CO)OC1=O. The van der Waals surface area contributed by atoms with Crippen LogP contribution in [0.5, 0.6) is 0 Å². The molecule has 1 amide bonds. The van der Waals surface area contributed by atoms with Gasteiger partial charge in [0.1, 0.15) is 6.10 Å². The Morgan fingerprint density at radius 2 is 2.18 bits per heavy atom. The molecular formula is C13H17NO3. The van der Waals surface area contributed by atoms with Gasteiger partial charge in [0.15, 0.2) is 0 Å². The first kappa shape index (κ1) is 11.9. The van der Waals surface area contributed by atoms with Crippen LogP contribution in [0, 0.1) is 0 Å². The number of aliphatic hydroxyl groups is 1. The highest BCUT2D eigenvalue weighted by Crippen LogP contribution is 2.24. The lowest BCUT2D eigenvalue weighted by Crippen LogP contribution is -2.44. The number of hydrogen-bond donors (Lipinski definition) is 1. The van der Waals surface area contributed by atoms with E-state index in [-0.39, 0.29) is 24.8 Å². The Kier molecular flexibility index (Phi) is 3.64. The summed E-state index contributed by atoms with van der Waals surface area (Å²) in [6, 6.07) is 9.86. The maximum atomic E-state index is 11.8. The van der Waals surface area contributed by atoms with E-state index in [0.29, 0.717) is 13.0 Å². The minimum atomic E-state index is -0.346. The Bertz CT molecular complexity index is 380. The van der Waals surface area contributed by atoms with Crippen molar-refractivity contribution < 1.29 is 14.6 Å². The largest absolute Gasteiger partial charge is 0.444 e. The highest BCUT2D eigenvalue weighted by Gasteiger charge is 2.30. The maximum Gasteiger partial charge on any atom is 0.410 e. The summed E-state index contributed by atoms with van der Waals surface area (Å²) in [7, 11) is 0. The van der Waals surface area contributed by atoms with Crippen LogP contribution >= 0.6 is 0 Å². The molecule has 1 aromatic rings. The number of ether oxygens (including phenoxy) is 1. The summed E-state index contributed by atoms with van der Waals surface area (Å²) in [6.45, 7) is 2.51. The average molecular weight is 235 g/mol. The topological polar surface area (TPSA) is 49.8 Å². The van der Waals surface area contributed by atoms with Crippen LogP contribution in [-0.4, -0.2) is 35.4 Å². The van der Waals surface area contributed by atoms with Gasteiger partial charge in [-0.25, -0.2) is 4.79 Å². The number of hydrogen-bond acceptors (Lipinski definition) is 3. The highest BCUT2D eigenvalue weighted by atomic mass is 16.6. The van der Waals surface area contributed by atoms with Crippen molar-refractivity contribution >= 4 is 6.09 Å². The van der Waals surface area contributed by atoms with E-state index >= 15 is 0 Å². The van der Waals surface area contributed by atoms with Crippen molar-refractivity contribution in [2.24, 2.45) is 0 Å². The molecule has 0 aliphatic carbocycles. The summed E-state index contributed by atoms with van der Waals surface area (Å²) in [4.78, 5) is 13.5. The lowest BCUT2D eigenvalue weighted by molar-refractivity contribution is -0.0102. The monoisotopic (exact) mass is 235 g/mol. The fourth-order valence-corrected chi connectivity index (χ4v) is 2.04. The molecule has 2 rings (SSSR count). The zero-order valence-electron chi connectivity index (χ0n) is 9.87. The Labute approximate surface area is 101 Å². The molecule has 1 aliphatic rings. The predicted octanol–water partition coefficient (Wildman–Crippen LogP) is 1.95. The zero-order chi connectivity index (χ0) is 12.3. The van der Waals surface area contributed by atoms with Gasteiger partial charge < -0.3 is 14.7 Å². The first-order valence-electron chi connectivity index (χ1n) is 5.85. The number of amides is 1. The molecule has 1 saturated heterocycles. The minimum Gasteiger partial charge on any atom is -0.444 e. The van der Waals surface area contributed by atoms with E-state index in [1.54, 1.807) is 4.90 Å². The van der Waals surface area contributed by atoms with E-state index in [4.69, 9.17) is 9.84 Å². The standard InChI is InChI=1S/C13H17NO3/c1-10(11-5-3-2-4-6-11)14-8-7-12(9-15)17-13(14)16/h2-6,10,12,15H,7-9H2,1H3. The fraction of sp³-hybridized carbons (Fsp3) is 0.462. The van der Waals surface area contributed by atoms with Gasteiger partial charge in [0.05, 0.1) is 12.6 Å². The summed E-state index contributed by atoms with van der Waals surface area (Å²) < 4.78 is 5.13. The third-order valence-electron chi connectivity index (χ3n) is 3.15. The zero-order valence-corrected chi connectivity index (χ0v) is 9.87. The summed E-state index contributed by atoms with van der Waals surface area (Å²) >= 11 is 0. The summed E-state index contributed by atoms with van der Waals surface area (Å²) in [5.74, 6) is 0. The molecule has 0 aromatic heterocycles. The van der Waals surface area contributed by atoms with Crippen molar-refractivity contribution in [3.8, 4) is 0 Å². The van der Waals surface area contributed by atoms with Crippen LogP contribution in [0.1, 0.15) is 24.9 Å². The third-order valence-corrected chi connectivity index (χ3v) is 3.15. The van der Waals surface area contributed by atoms with Crippen molar-refractivity contribution in [1.29, 1.82) is 0 Å². The molecule has 1 aromatic carbocycles. The van der Waals surface area contributed by atoms with Crippen LogP contribution in [-0.2, 0) is 4.74 Å². The smallest absolute Gasteiger partial charge is 0.410 e. The van der Waals surface area contributed by atoms with Crippen molar-refractivity contribution in [3.63, 3.8) is 0 Å². The first-order valence-corrected chi connectivity index (χ1v) is 5.85. The second kappa shape index (κ2) is 5.19. The number of cyclic esters (lactones) is 1. The van der Waals surface area contributed by atoms with E-state index in [0.717, 1.165) is 5.56 Å². The van der Waals surface area contributed by atoms with Crippen LogP contribution < -0.4 is 0 Å². The lowest BCUT2D eigenvalue weighted by Gasteiger charge is -2.35. The van der Waals surface area contributed by atoms with Gasteiger partial charge in [0.2, 0.25) is 0 Å². The second-order valence-corrected chi connectivity index (χ2v) is 4.26. The molecule has 1 N–H and O–H groups in total. The van der Waals surface area contributed by atoms with E-state index in [2.05, 4.69) is 0 Å². The number of carbonyl (C=O) groups is 1. The molecule has 2 unspecified atom stereocenters. The van der Waals surface area contributed by atoms with Gasteiger partial charge in [-0.2, -0.15) is 0 Å². The second-order valence-electron chi connectivity index (χ2n) is 4.26. The van der Waals surface area contributed by atoms with Gasteiger partial charge in [-0.3, -0.25) is 0 Å². The minimum absolute atomic E-state index is 0.00310. The van der Waals surface area contributed by atoms with Crippen molar-refractivity contribution in [1.82, 2.24) is 4.90 Å². The molecule has 1 aliphatic heterocycles. The molecule has 1 fully saturated rings. The van der Waals surface area contributed by atoms with E-state index in [1.165, 1.54) is 0 Å². The lowest BCUT2D eigenvalue weighted by atomic mass is 10.1. The van der Waals surface area contributed by atoms with E-state index in [1.807, 2.05) is 37.3 Å². The molecule has 4 nitrogen and oxygen atoms in total. The Balaban J connectivity index is 2.06. The molecule has 17 heavy (non-hydrogen) atoms. The first-order chi connectivity index (χ1) is 8.22. The highest BCUT2D eigenvalue weighted by molar-refractivity contribution is 5.69. The molecule has 0 radical (unpaired) electrons. The molecule has 92 valence electrons. The number of benzene rings is 1. The van der Waals surface area contributed by atoms with Crippen LogP contribution in [0.3, 0.4) is 0 Å². The Morgan fingerprint density at radius 3 is 2.76 bits per heavy atom. The normalized spacial score (nSPS) is 22.1. The van der Waals surface area contributed by atoms with E-state index < -0.39 is 0 Å². The van der Waals surface area contributed by atoms with Crippen LogP contribution in [0.4, 0.5) is 4.79 Å². The fourth-order valence-electron chi connectivity index (χ4n) is 2.04. The number of carbonyl (C=O) groups excluding carboxylic acids is 1. The van der Waals surface area contributed by atoms with Crippen molar-refractivity contribution in [2.75, 3.05) is 13.2 Å².